The van der Waals surface area contributed by atoms with Gasteiger partial charge in [-0.15, -0.1) is 11.3 Å². The Labute approximate surface area is 160 Å². The van der Waals surface area contributed by atoms with Crippen molar-refractivity contribution in [3.63, 3.8) is 0 Å². The van der Waals surface area contributed by atoms with Crippen molar-refractivity contribution in [3.05, 3.63) is 34.5 Å². The number of esters is 1. The molecule has 27 heavy (non-hydrogen) atoms. The second-order valence-corrected chi connectivity index (χ2v) is 8.74. The minimum absolute atomic E-state index is 0.0332. The maximum absolute atomic E-state index is 12.8. The van der Waals surface area contributed by atoms with Gasteiger partial charge in [-0.2, -0.15) is 0 Å². The number of carbonyl (C=O) groups is 4. The first kappa shape index (κ1) is 16.9. The van der Waals surface area contributed by atoms with E-state index in [1.165, 1.54) is 16.2 Å². The molecular formula is C20H19NO5S. The van der Waals surface area contributed by atoms with Gasteiger partial charge < -0.3 is 4.74 Å². The number of hydrogen-bond acceptors (Lipinski definition) is 6. The molecule has 2 amide bonds. The maximum Gasteiger partial charge on any atom is 0.308 e. The standard InChI is InChI=1S/C20H19NO5S/c22-14(15-2-1-7-27-15)9-26-16(23)5-6-21-19(24)17-10-3-4-11(13-8-12(10)13)18(17)20(21)25/h1-4,7,10-13,17-18H,5-6,8-9H2. The molecule has 1 aliphatic heterocycles. The van der Waals surface area contributed by atoms with Crippen LogP contribution in [-0.4, -0.2) is 41.6 Å². The second kappa shape index (κ2) is 6.12. The summed E-state index contributed by atoms with van der Waals surface area (Å²) in [6.45, 7) is -0.282. The smallest absolute Gasteiger partial charge is 0.308 e. The van der Waals surface area contributed by atoms with E-state index in [1.54, 1.807) is 17.5 Å². The molecule has 1 saturated heterocycles. The summed E-state index contributed by atoms with van der Waals surface area (Å²) in [5.74, 6) is -0.102. The zero-order chi connectivity index (χ0) is 18.7. The van der Waals surface area contributed by atoms with Crippen LogP contribution in [0.15, 0.2) is 29.7 Å². The highest BCUT2D eigenvalue weighted by Gasteiger charge is 2.66. The number of nitrogens with zero attached hydrogens (tertiary/aromatic N) is 1. The lowest BCUT2D eigenvalue weighted by Crippen LogP contribution is -2.40. The molecule has 5 aliphatic rings. The Balaban J connectivity index is 1.17. The van der Waals surface area contributed by atoms with E-state index in [0.29, 0.717) is 16.7 Å². The summed E-state index contributed by atoms with van der Waals surface area (Å²) in [4.78, 5) is 51.2. The largest absolute Gasteiger partial charge is 0.457 e. The van der Waals surface area contributed by atoms with Gasteiger partial charge in [-0.25, -0.2) is 0 Å². The Morgan fingerprint density at radius 1 is 1.11 bits per heavy atom. The molecule has 0 aromatic carbocycles. The number of thiophene rings is 1. The lowest BCUT2D eigenvalue weighted by Gasteiger charge is -2.37. The molecule has 1 aromatic heterocycles. The van der Waals surface area contributed by atoms with Crippen LogP contribution in [0.25, 0.3) is 0 Å². The van der Waals surface area contributed by atoms with Gasteiger partial charge >= 0.3 is 5.97 Å². The summed E-state index contributed by atoms with van der Waals surface area (Å²) < 4.78 is 5.01. The molecule has 6 rings (SSSR count). The number of Topliss-reactive ketones (excluding diaryl/α,β-unsaturated/α-hetero) is 1. The van der Waals surface area contributed by atoms with Gasteiger partial charge in [0, 0.05) is 6.54 Å². The van der Waals surface area contributed by atoms with Crippen LogP contribution in [0.5, 0.6) is 0 Å². The quantitative estimate of drug-likeness (QED) is 0.323. The molecule has 2 bridgehead atoms. The highest BCUT2D eigenvalue weighted by molar-refractivity contribution is 7.12. The van der Waals surface area contributed by atoms with E-state index < -0.39 is 5.97 Å². The van der Waals surface area contributed by atoms with Crippen LogP contribution < -0.4 is 0 Å². The molecule has 2 heterocycles. The molecule has 0 radical (unpaired) electrons. The molecule has 4 aliphatic carbocycles. The lowest BCUT2D eigenvalue weighted by atomic mass is 9.63. The van der Waals surface area contributed by atoms with Crippen LogP contribution in [0.3, 0.4) is 0 Å². The van der Waals surface area contributed by atoms with Crippen molar-refractivity contribution < 1.29 is 23.9 Å². The van der Waals surface area contributed by atoms with Crippen LogP contribution in [0, 0.1) is 35.5 Å². The molecule has 0 spiro atoms. The lowest BCUT2D eigenvalue weighted by molar-refractivity contribution is -0.145. The average Bonchev–Trinajstić information content (AvgIpc) is 3.25. The number of ketones is 1. The molecule has 6 atom stereocenters. The Hall–Kier alpha value is -2.28. The molecular weight excluding hydrogens is 366 g/mol. The van der Waals surface area contributed by atoms with Crippen LogP contribution in [0.1, 0.15) is 22.5 Å². The zero-order valence-corrected chi connectivity index (χ0v) is 15.4. The van der Waals surface area contributed by atoms with E-state index in [9.17, 15) is 19.2 Å². The number of allylic oxidation sites excluding steroid dienone is 2. The average molecular weight is 385 g/mol. The Bertz CT molecular complexity index is 824. The second-order valence-electron chi connectivity index (χ2n) is 7.79. The van der Waals surface area contributed by atoms with Gasteiger partial charge in [-0.1, -0.05) is 18.2 Å². The molecule has 0 N–H and O–H groups in total. The van der Waals surface area contributed by atoms with Crippen molar-refractivity contribution in [1.82, 2.24) is 4.90 Å². The maximum atomic E-state index is 12.8. The number of carbonyl (C=O) groups excluding carboxylic acids is 4. The molecule has 1 aromatic rings. The third kappa shape index (κ3) is 2.59. The van der Waals surface area contributed by atoms with Crippen LogP contribution in [-0.2, 0) is 19.1 Å². The van der Waals surface area contributed by atoms with Crippen LogP contribution >= 0.6 is 11.3 Å². The molecule has 6 unspecified atom stereocenters. The fraction of sp³-hybridized carbons (Fsp3) is 0.500. The van der Waals surface area contributed by atoms with E-state index in [4.69, 9.17) is 4.74 Å². The zero-order valence-electron chi connectivity index (χ0n) is 14.6. The van der Waals surface area contributed by atoms with E-state index >= 15 is 0 Å². The van der Waals surface area contributed by atoms with E-state index in [-0.39, 0.29) is 60.8 Å². The topological polar surface area (TPSA) is 80.8 Å². The normalized spacial score (nSPS) is 35.2. The van der Waals surface area contributed by atoms with Gasteiger partial charge in [-0.3, -0.25) is 24.1 Å². The van der Waals surface area contributed by atoms with Crippen LogP contribution in [0.4, 0.5) is 0 Å². The first-order chi connectivity index (χ1) is 13.1. The fourth-order valence-electron chi connectivity index (χ4n) is 5.17. The first-order valence-corrected chi connectivity index (χ1v) is 10.2. The highest BCUT2D eigenvalue weighted by Crippen LogP contribution is 2.65. The number of likely N-dealkylation sites (tertiary alicyclic amines) is 1. The van der Waals surface area contributed by atoms with Gasteiger partial charge in [0.25, 0.3) is 0 Å². The Morgan fingerprint density at radius 2 is 1.78 bits per heavy atom. The molecule has 140 valence electrons. The van der Waals surface area contributed by atoms with Gasteiger partial charge in [0.2, 0.25) is 17.6 Å². The monoisotopic (exact) mass is 385 g/mol. The predicted molar refractivity (Wildman–Crippen MR) is 95.6 cm³/mol. The number of rotatable bonds is 6. The predicted octanol–water partition coefficient (Wildman–Crippen LogP) is 1.92. The Kier molecular flexibility index (Phi) is 3.82. The van der Waals surface area contributed by atoms with Gasteiger partial charge in [-0.05, 0) is 41.5 Å². The number of ether oxygens (including phenoxy) is 1. The van der Waals surface area contributed by atoms with E-state index in [0.717, 1.165) is 6.42 Å². The van der Waals surface area contributed by atoms with Crippen molar-refractivity contribution in [2.24, 2.45) is 35.5 Å². The van der Waals surface area contributed by atoms with E-state index in [1.807, 2.05) is 0 Å². The fourth-order valence-corrected chi connectivity index (χ4v) is 5.82. The van der Waals surface area contributed by atoms with Crippen molar-refractivity contribution in [2.75, 3.05) is 13.2 Å². The van der Waals surface area contributed by atoms with Crippen molar-refractivity contribution in [2.45, 2.75) is 12.8 Å². The Morgan fingerprint density at radius 3 is 2.37 bits per heavy atom. The molecule has 6 nitrogen and oxygen atoms in total. The van der Waals surface area contributed by atoms with Gasteiger partial charge in [0.05, 0.1) is 23.1 Å². The summed E-state index contributed by atoms with van der Waals surface area (Å²) in [6.07, 6.45) is 5.29. The summed E-state index contributed by atoms with van der Waals surface area (Å²) in [5, 5.41) is 1.78. The minimum atomic E-state index is -0.570. The molecule has 7 heteroatoms. The van der Waals surface area contributed by atoms with E-state index in [2.05, 4.69) is 12.2 Å². The van der Waals surface area contributed by atoms with Crippen molar-refractivity contribution >= 4 is 34.9 Å². The number of imide groups is 1. The highest BCUT2D eigenvalue weighted by atomic mass is 32.1. The SMILES string of the molecule is O=C(CCN1C(=O)C2C3C=CC(C4CC34)C2C1=O)OCC(=O)c1cccs1. The van der Waals surface area contributed by atoms with Crippen molar-refractivity contribution in [3.8, 4) is 0 Å². The first-order valence-electron chi connectivity index (χ1n) is 9.32. The number of hydrogen-bond donors (Lipinski definition) is 0. The third-order valence-corrected chi connectivity index (χ3v) is 7.36. The van der Waals surface area contributed by atoms with Gasteiger partial charge in [0.1, 0.15) is 0 Å². The summed E-state index contributed by atoms with van der Waals surface area (Å²) in [6, 6.07) is 3.44. The minimum Gasteiger partial charge on any atom is -0.457 e. The summed E-state index contributed by atoms with van der Waals surface area (Å²) >= 11 is 1.29. The van der Waals surface area contributed by atoms with Crippen LogP contribution in [0.2, 0.25) is 0 Å². The molecule has 3 fully saturated rings. The van der Waals surface area contributed by atoms with Crippen molar-refractivity contribution in [1.29, 1.82) is 0 Å². The summed E-state index contributed by atoms with van der Waals surface area (Å²) in [7, 11) is 0. The third-order valence-electron chi connectivity index (χ3n) is 6.45. The molecule has 2 saturated carbocycles. The number of amides is 2. The summed E-state index contributed by atoms with van der Waals surface area (Å²) in [5.41, 5.74) is 0. The van der Waals surface area contributed by atoms with Gasteiger partial charge in [0.15, 0.2) is 6.61 Å².